The molecule has 0 unspecified atom stereocenters. The fourth-order valence-corrected chi connectivity index (χ4v) is 9.76. The maximum Gasteiger partial charge on any atom is 0.344 e. The number of rotatable bonds is 12. The predicted molar refractivity (Wildman–Crippen MR) is 179 cm³/mol. The van der Waals surface area contributed by atoms with Crippen LogP contribution in [0.25, 0.3) is 0 Å². The number of carbonyl (C=O) groups excluding carboxylic acids is 2. The zero-order chi connectivity index (χ0) is 35.2. The van der Waals surface area contributed by atoms with Crippen LogP contribution in [0.4, 0.5) is 4.39 Å². The van der Waals surface area contributed by atoms with Crippen molar-refractivity contribution in [2.45, 2.75) is 72.3 Å². The van der Waals surface area contributed by atoms with Gasteiger partial charge in [-0.3, -0.25) is 0 Å². The zero-order valence-electron chi connectivity index (χ0n) is 27.6. The first-order valence-corrected chi connectivity index (χ1v) is 17.9. The van der Waals surface area contributed by atoms with E-state index in [1.807, 2.05) is 0 Å². The summed E-state index contributed by atoms with van der Waals surface area (Å²) in [5.41, 5.74) is -1.52. The lowest BCUT2D eigenvalue weighted by atomic mass is 10.2. The highest BCUT2D eigenvalue weighted by Gasteiger charge is 2.41. The van der Waals surface area contributed by atoms with Crippen molar-refractivity contribution in [3.05, 3.63) is 109 Å². The molecular formula is C36H39FO9S2. The average molecular weight is 699 g/mol. The molecule has 256 valence electrons. The highest BCUT2D eigenvalue weighted by Crippen LogP contribution is 2.72. The second kappa shape index (κ2) is 14.8. The molecule has 0 aromatic heterocycles. The van der Waals surface area contributed by atoms with Gasteiger partial charge in [-0.1, -0.05) is 36.4 Å². The zero-order valence-corrected chi connectivity index (χ0v) is 29.2. The number of hydrogen-bond donors (Lipinski definition) is 0. The molecule has 0 saturated carbocycles. The van der Waals surface area contributed by atoms with Crippen molar-refractivity contribution in [2.24, 2.45) is 0 Å². The van der Waals surface area contributed by atoms with Crippen LogP contribution in [0.3, 0.4) is 0 Å². The smallest absolute Gasteiger partial charge is 0.344 e. The summed E-state index contributed by atoms with van der Waals surface area (Å²) in [6.45, 7) is 9.39. The number of esters is 2. The van der Waals surface area contributed by atoms with E-state index < -0.39 is 62.6 Å². The Balaban J connectivity index is 1.93. The van der Waals surface area contributed by atoms with Gasteiger partial charge in [0.25, 0.3) is 0 Å². The summed E-state index contributed by atoms with van der Waals surface area (Å²) in [5.74, 6) is -1.67. The van der Waals surface area contributed by atoms with E-state index in [9.17, 15) is 22.4 Å². The lowest BCUT2D eigenvalue weighted by Crippen LogP contribution is -2.28. The van der Waals surface area contributed by atoms with E-state index in [4.69, 9.17) is 22.6 Å². The first kappa shape index (κ1) is 36.4. The van der Waals surface area contributed by atoms with Gasteiger partial charge in [0, 0.05) is 15.9 Å². The summed E-state index contributed by atoms with van der Waals surface area (Å²) in [6, 6.07) is 26.3. The molecule has 0 fully saturated rings. The van der Waals surface area contributed by atoms with Gasteiger partial charge in [-0.05, 0) is 113 Å². The molecule has 0 bridgehead atoms. The maximum atomic E-state index is 14.1. The van der Waals surface area contributed by atoms with Crippen LogP contribution < -0.4 is 9.47 Å². The van der Waals surface area contributed by atoms with Crippen LogP contribution in [-0.2, 0) is 32.8 Å². The van der Waals surface area contributed by atoms with Gasteiger partial charge >= 0.3 is 22.1 Å². The monoisotopic (exact) mass is 698 g/mol. The Kier molecular flexibility index (Phi) is 11.2. The molecule has 9 nitrogen and oxygen atoms in total. The SMILES string of the molecule is CC(C)(C)OC(=O)COc1ccc(S(OS(=O)(=O)c2ccc(F)cc2)(c2ccccc2)c2ccccc2)c(OCC(=O)OC(C)(C)C)c1. The highest BCUT2D eigenvalue weighted by molar-refractivity contribution is 8.33. The van der Waals surface area contributed by atoms with Crippen LogP contribution in [0, 0.1) is 5.82 Å². The van der Waals surface area contributed by atoms with Crippen molar-refractivity contribution in [2.75, 3.05) is 13.2 Å². The van der Waals surface area contributed by atoms with E-state index >= 15 is 0 Å². The summed E-state index contributed by atoms with van der Waals surface area (Å²) in [7, 11) is -7.81. The molecular weight excluding hydrogens is 660 g/mol. The Hall–Kier alpha value is -4.39. The summed E-state index contributed by atoms with van der Waals surface area (Å²) < 4.78 is 70.9. The normalized spacial score (nSPS) is 12.6. The molecule has 0 N–H and O–H groups in total. The predicted octanol–water partition coefficient (Wildman–Crippen LogP) is 7.87. The number of ether oxygens (including phenoxy) is 4. The molecule has 0 saturated heterocycles. The first-order chi connectivity index (χ1) is 22.5. The van der Waals surface area contributed by atoms with Gasteiger partial charge in [0.15, 0.2) is 13.2 Å². The third-order valence-electron chi connectivity index (χ3n) is 6.21. The fourth-order valence-electron chi connectivity index (χ4n) is 4.45. The van der Waals surface area contributed by atoms with E-state index in [2.05, 4.69) is 0 Å². The van der Waals surface area contributed by atoms with Gasteiger partial charge < -0.3 is 18.9 Å². The summed E-state index contributed by atoms with van der Waals surface area (Å²) in [4.78, 5) is 26.2. The van der Waals surface area contributed by atoms with E-state index in [1.165, 1.54) is 6.07 Å². The molecule has 4 rings (SSSR count). The lowest BCUT2D eigenvalue weighted by Gasteiger charge is -2.40. The second-order valence-corrected chi connectivity index (χ2v) is 16.9. The van der Waals surface area contributed by atoms with Gasteiger partial charge in [0.2, 0.25) is 0 Å². The van der Waals surface area contributed by atoms with E-state index in [-0.39, 0.29) is 21.3 Å². The molecule has 0 atom stereocenters. The van der Waals surface area contributed by atoms with Crippen LogP contribution in [0.15, 0.2) is 123 Å². The first-order valence-electron chi connectivity index (χ1n) is 15.0. The molecule has 48 heavy (non-hydrogen) atoms. The third-order valence-corrected chi connectivity index (χ3v) is 11.4. The van der Waals surface area contributed by atoms with Crippen LogP contribution >= 0.6 is 10.3 Å². The quantitative estimate of drug-likeness (QED) is 0.136. The van der Waals surface area contributed by atoms with Gasteiger partial charge in [-0.2, -0.15) is 8.42 Å². The minimum absolute atomic E-state index is 0.0413. The van der Waals surface area contributed by atoms with Crippen LogP contribution in [0.1, 0.15) is 41.5 Å². The summed E-state index contributed by atoms with van der Waals surface area (Å²) in [5, 5.41) is 0. The highest BCUT2D eigenvalue weighted by atomic mass is 32.3. The van der Waals surface area contributed by atoms with Crippen molar-refractivity contribution >= 4 is 32.4 Å². The molecule has 0 aliphatic carbocycles. The van der Waals surface area contributed by atoms with E-state index in [0.29, 0.717) is 9.79 Å². The molecule has 0 heterocycles. The molecule has 0 aliphatic heterocycles. The second-order valence-electron chi connectivity index (χ2n) is 12.5. The van der Waals surface area contributed by atoms with E-state index in [1.54, 1.807) is 114 Å². The van der Waals surface area contributed by atoms with Crippen molar-refractivity contribution in [3.63, 3.8) is 0 Å². The van der Waals surface area contributed by atoms with Crippen molar-refractivity contribution in [3.8, 4) is 11.5 Å². The average Bonchev–Trinajstić information content (AvgIpc) is 3.01. The van der Waals surface area contributed by atoms with E-state index in [0.717, 1.165) is 24.3 Å². The minimum Gasteiger partial charge on any atom is -0.482 e. The van der Waals surface area contributed by atoms with Crippen molar-refractivity contribution < 1.29 is 45.0 Å². The van der Waals surface area contributed by atoms with Crippen LogP contribution in [0.2, 0.25) is 0 Å². The third kappa shape index (κ3) is 9.59. The fraction of sp³-hybridized carbons (Fsp3) is 0.278. The number of hydrogen-bond acceptors (Lipinski definition) is 9. The Bertz CT molecular complexity index is 1780. The van der Waals surface area contributed by atoms with Crippen LogP contribution in [0.5, 0.6) is 11.5 Å². The van der Waals surface area contributed by atoms with Gasteiger partial charge in [-0.15, -0.1) is 0 Å². The lowest BCUT2D eigenvalue weighted by molar-refractivity contribution is -0.158. The van der Waals surface area contributed by atoms with Crippen molar-refractivity contribution in [1.82, 2.24) is 0 Å². The molecule has 12 heteroatoms. The Morgan fingerprint density at radius 1 is 0.625 bits per heavy atom. The molecule has 0 radical (unpaired) electrons. The topological polar surface area (TPSA) is 114 Å². The van der Waals surface area contributed by atoms with Crippen molar-refractivity contribution in [1.29, 1.82) is 0 Å². The van der Waals surface area contributed by atoms with Crippen LogP contribution in [-0.4, -0.2) is 44.8 Å². The minimum atomic E-state index is -4.57. The maximum absolute atomic E-state index is 14.1. The van der Waals surface area contributed by atoms with Gasteiger partial charge in [-0.25, -0.2) is 17.6 Å². The molecule has 0 spiro atoms. The standard InChI is InChI=1S/C36H39FO9S2/c1-35(2,3)44-33(38)24-42-27-19-22-32(31(23-27)43-25-34(39)45-36(4,5)6)47(28-13-9-7-10-14-28,29-15-11-8-12-16-29)46-48(40,41)30-20-17-26(37)18-21-30/h7-23H,24-25H2,1-6H3. The Labute approximate surface area is 282 Å². The molecule has 0 amide bonds. The molecule has 4 aromatic rings. The number of halogens is 1. The van der Waals surface area contributed by atoms with Gasteiger partial charge in [0.05, 0.1) is 9.79 Å². The summed E-state index contributed by atoms with van der Waals surface area (Å²) >= 11 is 0. The molecule has 4 aromatic carbocycles. The number of benzene rings is 4. The van der Waals surface area contributed by atoms with Gasteiger partial charge in [0.1, 0.15) is 28.5 Å². The number of carbonyl (C=O) groups is 2. The molecule has 0 aliphatic rings. The summed E-state index contributed by atoms with van der Waals surface area (Å²) in [6.07, 6.45) is 0. The Morgan fingerprint density at radius 2 is 1.10 bits per heavy atom. The largest absolute Gasteiger partial charge is 0.482 e. The Morgan fingerprint density at radius 3 is 1.58 bits per heavy atom.